The van der Waals surface area contributed by atoms with Gasteiger partial charge in [-0.3, -0.25) is 0 Å². The van der Waals surface area contributed by atoms with Crippen LogP contribution in [0.25, 0.3) is 10.2 Å². The zero-order valence-corrected chi connectivity index (χ0v) is 9.86. The molecule has 0 spiro atoms. The molecule has 3 rings (SSSR count). The summed E-state index contributed by atoms with van der Waals surface area (Å²) in [4.78, 5) is 4.55. The first kappa shape index (κ1) is 8.68. The number of rotatable bonds is 2. The molecule has 1 saturated carbocycles. The molecule has 0 amide bonds. The van der Waals surface area contributed by atoms with Gasteiger partial charge < -0.3 is 5.32 Å². The standard InChI is InChI=1S/C10H9BrN2S/c11-7-2-1-3-8-9(7)13-10(14-8)12-6-4-5-6/h1-3,6H,4-5H2,(H,12,13). The summed E-state index contributed by atoms with van der Waals surface area (Å²) < 4.78 is 2.32. The predicted octanol–water partition coefficient (Wildman–Crippen LogP) is 3.63. The third kappa shape index (κ3) is 1.53. The number of hydrogen-bond donors (Lipinski definition) is 1. The highest BCUT2D eigenvalue weighted by Crippen LogP contribution is 2.33. The monoisotopic (exact) mass is 268 g/mol. The molecule has 1 aromatic heterocycles. The normalized spacial score (nSPS) is 16.1. The van der Waals surface area contributed by atoms with E-state index in [1.54, 1.807) is 11.3 Å². The molecular weight excluding hydrogens is 260 g/mol. The molecule has 1 N–H and O–H groups in total. The highest BCUT2D eigenvalue weighted by molar-refractivity contribution is 9.10. The van der Waals surface area contributed by atoms with Crippen LogP contribution in [0.15, 0.2) is 22.7 Å². The van der Waals surface area contributed by atoms with Crippen LogP contribution in [0.2, 0.25) is 0 Å². The number of nitrogens with zero attached hydrogens (tertiary/aromatic N) is 1. The Kier molecular flexibility index (Phi) is 1.99. The van der Waals surface area contributed by atoms with E-state index in [0.717, 1.165) is 15.1 Å². The van der Waals surface area contributed by atoms with Crippen molar-refractivity contribution in [2.45, 2.75) is 18.9 Å². The van der Waals surface area contributed by atoms with Crippen molar-refractivity contribution in [2.75, 3.05) is 5.32 Å². The van der Waals surface area contributed by atoms with Crippen molar-refractivity contribution in [2.24, 2.45) is 0 Å². The van der Waals surface area contributed by atoms with Crippen LogP contribution in [0.1, 0.15) is 12.8 Å². The quantitative estimate of drug-likeness (QED) is 0.900. The molecule has 0 unspecified atom stereocenters. The molecule has 14 heavy (non-hydrogen) atoms. The zero-order chi connectivity index (χ0) is 9.54. The lowest BCUT2D eigenvalue weighted by Crippen LogP contribution is -1.99. The molecule has 1 heterocycles. The fourth-order valence-corrected chi connectivity index (χ4v) is 2.93. The SMILES string of the molecule is Brc1cccc2sc(NC3CC3)nc12. The maximum absolute atomic E-state index is 4.55. The van der Waals surface area contributed by atoms with Crippen LogP contribution in [0.4, 0.5) is 5.13 Å². The van der Waals surface area contributed by atoms with Crippen molar-refractivity contribution in [1.82, 2.24) is 4.98 Å². The summed E-state index contributed by atoms with van der Waals surface area (Å²) in [5.74, 6) is 0. The van der Waals surface area contributed by atoms with Gasteiger partial charge in [0.05, 0.1) is 10.2 Å². The highest BCUT2D eigenvalue weighted by atomic mass is 79.9. The first-order chi connectivity index (χ1) is 6.83. The molecular formula is C10H9BrN2S. The number of fused-ring (bicyclic) bond motifs is 1. The van der Waals surface area contributed by atoms with Crippen molar-refractivity contribution in [3.05, 3.63) is 22.7 Å². The number of thiazole rings is 1. The van der Waals surface area contributed by atoms with Crippen molar-refractivity contribution in [3.8, 4) is 0 Å². The maximum Gasteiger partial charge on any atom is 0.184 e. The van der Waals surface area contributed by atoms with Crippen LogP contribution < -0.4 is 5.32 Å². The van der Waals surface area contributed by atoms with E-state index in [4.69, 9.17) is 0 Å². The van der Waals surface area contributed by atoms with Crippen LogP contribution in [0.5, 0.6) is 0 Å². The van der Waals surface area contributed by atoms with Gasteiger partial charge in [0.15, 0.2) is 5.13 Å². The highest BCUT2D eigenvalue weighted by Gasteiger charge is 2.22. The number of para-hydroxylation sites is 1. The Hall–Kier alpha value is -0.610. The summed E-state index contributed by atoms with van der Waals surface area (Å²) in [7, 11) is 0. The molecule has 1 aromatic carbocycles. The fourth-order valence-electron chi connectivity index (χ4n) is 1.38. The Labute approximate surface area is 94.5 Å². The molecule has 72 valence electrons. The second-order valence-corrected chi connectivity index (χ2v) is 5.41. The first-order valence-electron chi connectivity index (χ1n) is 4.64. The van der Waals surface area contributed by atoms with E-state index in [-0.39, 0.29) is 0 Å². The molecule has 2 aromatic rings. The van der Waals surface area contributed by atoms with E-state index >= 15 is 0 Å². The van der Waals surface area contributed by atoms with Gasteiger partial charge in [-0.2, -0.15) is 0 Å². The van der Waals surface area contributed by atoms with E-state index in [1.165, 1.54) is 17.5 Å². The van der Waals surface area contributed by atoms with Crippen LogP contribution in [-0.2, 0) is 0 Å². The molecule has 2 nitrogen and oxygen atoms in total. The average molecular weight is 269 g/mol. The summed E-state index contributed by atoms with van der Waals surface area (Å²) in [6.45, 7) is 0. The van der Waals surface area contributed by atoms with Gasteiger partial charge >= 0.3 is 0 Å². The lowest BCUT2D eigenvalue weighted by atomic mass is 10.3. The van der Waals surface area contributed by atoms with Gasteiger partial charge in [0.1, 0.15) is 0 Å². The predicted molar refractivity (Wildman–Crippen MR) is 64.0 cm³/mol. The molecule has 4 heteroatoms. The van der Waals surface area contributed by atoms with Crippen molar-refractivity contribution in [3.63, 3.8) is 0 Å². The zero-order valence-electron chi connectivity index (χ0n) is 7.46. The second-order valence-electron chi connectivity index (χ2n) is 3.52. The van der Waals surface area contributed by atoms with Gasteiger partial charge in [-0.1, -0.05) is 17.4 Å². The van der Waals surface area contributed by atoms with Crippen LogP contribution in [0.3, 0.4) is 0 Å². The van der Waals surface area contributed by atoms with Crippen molar-refractivity contribution >= 4 is 42.6 Å². The molecule has 1 aliphatic carbocycles. The minimum Gasteiger partial charge on any atom is -0.359 e. The van der Waals surface area contributed by atoms with Gasteiger partial charge in [0, 0.05) is 10.5 Å². The Morgan fingerprint density at radius 2 is 2.29 bits per heavy atom. The van der Waals surface area contributed by atoms with E-state index in [2.05, 4.69) is 32.3 Å². The minimum absolute atomic E-state index is 0.675. The van der Waals surface area contributed by atoms with Gasteiger partial charge in [-0.15, -0.1) is 0 Å². The molecule has 1 aliphatic rings. The lowest BCUT2D eigenvalue weighted by molar-refractivity contribution is 1.14. The molecule has 0 aliphatic heterocycles. The van der Waals surface area contributed by atoms with E-state index < -0.39 is 0 Å². The van der Waals surface area contributed by atoms with Gasteiger partial charge in [0.25, 0.3) is 0 Å². The summed E-state index contributed by atoms with van der Waals surface area (Å²) in [5.41, 5.74) is 1.07. The fraction of sp³-hybridized carbons (Fsp3) is 0.300. The third-order valence-corrected chi connectivity index (χ3v) is 3.87. The molecule has 0 saturated heterocycles. The Morgan fingerprint density at radius 3 is 3.00 bits per heavy atom. The van der Waals surface area contributed by atoms with Crippen LogP contribution in [0, 0.1) is 0 Å². The smallest absolute Gasteiger partial charge is 0.184 e. The Morgan fingerprint density at radius 1 is 1.43 bits per heavy atom. The Bertz CT molecular complexity index is 476. The largest absolute Gasteiger partial charge is 0.359 e. The number of nitrogens with one attached hydrogen (secondary N) is 1. The summed E-state index contributed by atoms with van der Waals surface area (Å²) >= 11 is 5.24. The molecule has 0 atom stereocenters. The molecule has 1 fully saturated rings. The minimum atomic E-state index is 0.675. The van der Waals surface area contributed by atoms with Gasteiger partial charge in [-0.05, 0) is 40.9 Å². The summed E-state index contributed by atoms with van der Waals surface area (Å²) in [6, 6.07) is 6.86. The number of anilines is 1. The topological polar surface area (TPSA) is 24.9 Å². The lowest BCUT2D eigenvalue weighted by Gasteiger charge is -1.94. The molecule has 0 radical (unpaired) electrons. The third-order valence-electron chi connectivity index (χ3n) is 2.27. The number of halogens is 1. The number of hydrogen-bond acceptors (Lipinski definition) is 3. The van der Waals surface area contributed by atoms with Crippen LogP contribution in [-0.4, -0.2) is 11.0 Å². The Balaban J connectivity index is 2.05. The number of aromatic nitrogens is 1. The second kappa shape index (κ2) is 3.21. The van der Waals surface area contributed by atoms with Crippen molar-refractivity contribution in [1.29, 1.82) is 0 Å². The first-order valence-corrected chi connectivity index (χ1v) is 6.25. The van der Waals surface area contributed by atoms with E-state index in [9.17, 15) is 0 Å². The van der Waals surface area contributed by atoms with Crippen LogP contribution >= 0.6 is 27.3 Å². The summed E-state index contributed by atoms with van der Waals surface area (Å²) in [5, 5.41) is 4.47. The average Bonchev–Trinajstić information content (AvgIpc) is 2.84. The summed E-state index contributed by atoms with van der Waals surface area (Å²) in [6.07, 6.45) is 2.58. The van der Waals surface area contributed by atoms with Gasteiger partial charge in [-0.25, -0.2) is 4.98 Å². The van der Waals surface area contributed by atoms with E-state index in [0.29, 0.717) is 6.04 Å². The maximum atomic E-state index is 4.55. The van der Waals surface area contributed by atoms with E-state index in [1.807, 2.05) is 12.1 Å². The number of benzene rings is 1. The molecule has 0 bridgehead atoms. The van der Waals surface area contributed by atoms with Crippen molar-refractivity contribution < 1.29 is 0 Å². The van der Waals surface area contributed by atoms with Gasteiger partial charge in [0.2, 0.25) is 0 Å².